The Hall–Kier alpha value is -1.03. The number of hydrogen-bond acceptors (Lipinski definition) is 3. The van der Waals surface area contributed by atoms with E-state index in [0.717, 1.165) is 6.54 Å². The fourth-order valence-electron chi connectivity index (χ4n) is 0.762. The third-order valence-electron chi connectivity index (χ3n) is 1.34. The highest BCUT2D eigenvalue weighted by atomic mass is 16.3. The Kier molecular flexibility index (Phi) is 1.91. The minimum Gasteiger partial charge on any atom is -0.396 e. The van der Waals surface area contributed by atoms with Crippen LogP contribution in [0.5, 0.6) is 0 Å². The molecule has 0 aliphatic rings. The summed E-state index contributed by atoms with van der Waals surface area (Å²) in [4.78, 5) is 0. The molecule has 1 aromatic rings. The zero-order chi connectivity index (χ0) is 7.56. The minimum absolute atomic E-state index is 0.0845. The van der Waals surface area contributed by atoms with Crippen LogP contribution in [0.1, 0.15) is 12.6 Å². The van der Waals surface area contributed by atoms with Gasteiger partial charge in [0.15, 0.2) is 0 Å². The second-order valence-corrected chi connectivity index (χ2v) is 2.04. The molecule has 1 rings (SSSR count). The van der Waals surface area contributed by atoms with Gasteiger partial charge < -0.3 is 10.8 Å². The summed E-state index contributed by atoms with van der Waals surface area (Å²) in [5.74, 6) is 0. The number of hydrogen-bond donors (Lipinski definition) is 2. The summed E-state index contributed by atoms with van der Waals surface area (Å²) in [7, 11) is 0. The molecule has 0 radical (unpaired) electrons. The number of anilines is 1. The Bertz CT molecular complexity index is 219. The van der Waals surface area contributed by atoms with Gasteiger partial charge in [0.2, 0.25) is 0 Å². The van der Waals surface area contributed by atoms with E-state index in [-0.39, 0.29) is 6.61 Å². The number of nitrogens with two attached hydrogens (primary N) is 1. The van der Waals surface area contributed by atoms with Crippen LogP contribution in [0.15, 0.2) is 6.20 Å². The van der Waals surface area contributed by atoms with Crippen molar-refractivity contribution < 1.29 is 5.11 Å². The van der Waals surface area contributed by atoms with Gasteiger partial charge in [-0.3, -0.25) is 4.68 Å². The molecule has 4 heteroatoms. The first-order valence-electron chi connectivity index (χ1n) is 3.20. The smallest absolute Gasteiger partial charge is 0.111 e. The van der Waals surface area contributed by atoms with Crippen molar-refractivity contribution in [2.45, 2.75) is 20.1 Å². The largest absolute Gasteiger partial charge is 0.396 e. The molecule has 0 amide bonds. The van der Waals surface area contributed by atoms with Gasteiger partial charge in [-0.1, -0.05) is 0 Å². The summed E-state index contributed by atoms with van der Waals surface area (Å²) in [6.07, 6.45) is 1.71. The van der Waals surface area contributed by atoms with Crippen LogP contribution in [-0.2, 0) is 13.2 Å². The standard InChI is InChI=1S/C6H11N3O/c1-2-9-3-5(7)6(4-10)8-9/h3,10H,2,4,7H2,1H3. The molecule has 0 atom stereocenters. The summed E-state index contributed by atoms with van der Waals surface area (Å²) in [6, 6.07) is 0. The topological polar surface area (TPSA) is 64.1 Å². The Labute approximate surface area is 59.3 Å². The molecular formula is C6H11N3O. The highest BCUT2D eigenvalue weighted by Gasteiger charge is 2.01. The van der Waals surface area contributed by atoms with Crippen molar-refractivity contribution in [2.75, 3.05) is 5.73 Å². The first kappa shape index (κ1) is 7.08. The minimum atomic E-state index is -0.0845. The number of aliphatic hydroxyl groups excluding tert-OH is 1. The summed E-state index contributed by atoms with van der Waals surface area (Å²) < 4.78 is 1.70. The van der Waals surface area contributed by atoms with E-state index in [4.69, 9.17) is 10.8 Å². The maximum Gasteiger partial charge on any atom is 0.111 e. The van der Waals surface area contributed by atoms with E-state index >= 15 is 0 Å². The molecule has 1 aromatic heterocycles. The molecule has 0 saturated heterocycles. The van der Waals surface area contributed by atoms with Crippen molar-refractivity contribution in [3.05, 3.63) is 11.9 Å². The normalized spacial score (nSPS) is 10.2. The van der Waals surface area contributed by atoms with Crippen molar-refractivity contribution in [3.8, 4) is 0 Å². The van der Waals surface area contributed by atoms with Crippen LogP contribution < -0.4 is 5.73 Å². The molecule has 0 aromatic carbocycles. The van der Waals surface area contributed by atoms with Gasteiger partial charge in [-0.15, -0.1) is 0 Å². The summed E-state index contributed by atoms with van der Waals surface area (Å²) >= 11 is 0. The monoisotopic (exact) mass is 141 g/mol. The Balaban J connectivity index is 2.92. The highest BCUT2D eigenvalue weighted by Crippen LogP contribution is 2.07. The zero-order valence-corrected chi connectivity index (χ0v) is 5.91. The first-order chi connectivity index (χ1) is 4.77. The number of nitrogens with zero attached hydrogens (tertiary/aromatic N) is 2. The van der Waals surface area contributed by atoms with Crippen LogP contribution in [0, 0.1) is 0 Å². The molecule has 1 heterocycles. The van der Waals surface area contributed by atoms with Gasteiger partial charge in [0.25, 0.3) is 0 Å². The van der Waals surface area contributed by atoms with Gasteiger partial charge in [0, 0.05) is 12.7 Å². The van der Waals surface area contributed by atoms with Gasteiger partial charge >= 0.3 is 0 Å². The van der Waals surface area contributed by atoms with E-state index in [9.17, 15) is 0 Å². The van der Waals surface area contributed by atoms with Crippen LogP contribution in [0.2, 0.25) is 0 Å². The van der Waals surface area contributed by atoms with E-state index in [1.54, 1.807) is 10.9 Å². The number of rotatable bonds is 2. The molecule has 0 unspecified atom stereocenters. The van der Waals surface area contributed by atoms with Crippen LogP contribution in [0.4, 0.5) is 5.69 Å². The van der Waals surface area contributed by atoms with Crippen molar-refractivity contribution in [1.29, 1.82) is 0 Å². The van der Waals surface area contributed by atoms with Crippen LogP contribution in [0.25, 0.3) is 0 Å². The number of nitrogen functional groups attached to an aromatic ring is 1. The maximum atomic E-state index is 8.67. The van der Waals surface area contributed by atoms with E-state index in [1.165, 1.54) is 0 Å². The SMILES string of the molecule is CCn1cc(N)c(CO)n1. The summed E-state index contributed by atoms with van der Waals surface area (Å²) in [5.41, 5.74) is 6.60. The quantitative estimate of drug-likeness (QED) is 0.608. The lowest BCUT2D eigenvalue weighted by atomic mass is 10.4. The van der Waals surface area contributed by atoms with E-state index in [2.05, 4.69) is 5.10 Å². The molecule has 0 fully saturated rings. The van der Waals surface area contributed by atoms with Gasteiger partial charge in [-0.2, -0.15) is 5.10 Å². The third-order valence-corrected chi connectivity index (χ3v) is 1.34. The molecular weight excluding hydrogens is 130 g/mol. The van der Waals surface area contributed by atoms with Crippen molar-refractivity contribution >= 4 is 5.69 Å². The van der Waals surface area contributed by atoms with E-state index < -0.39 is 0 Å². The zero-order valence-electron chi connectivity index (χ0n) is 5.91. The van der Waals surface area contributed by atoms with E-state index in [0.29, 0.717) is 11.4 Å². The number of aliphatic hydroxyl groups is 1. The molecule has 0 spiro atoms. The molecule has 0 aliphatic heterocycles. The maximum absolute atomic E-state index is 8.67. The molecule has 10 heavy (non-hydrogen) atoms. The van der Waals surface area contributed by atoms with Gasteiger partial charge in [0.05, 0.1) is 12.3 Å². The Morgan fingerprint density at radius 1 is 1.80 bits per heavy atom. The van der Waals surface area contributed by atoms with Crippen LogP contribution in [0.3, 0.4) is 0 Å². The molecule has 3 N–H and O–H groups in total. The predicted molar refractivity (Wildman–Crippen MR) is 38.2 cm³/mol. The number of aromatic nitrogens is 2. The lowest BCUT2D eigenvalue weighted by Crippen LogP contribution is -1.95. The van der Waals surface area contributed by atoms with Gasteiger partial charge in [0.1, 0.15) is 5.69 Å². The molecule has 0 aliphatic carbocycles. The molecule has 56 valence electrons. The fourth-order valence-corrected chi connectivity index (χ4v) is 0.762. The molecule has 0 saturated carbocycles. The third kappa shape index (κ3) is 1.11. The first-order valence-corrected chi connectivity index (χ1v) is 3.20. The Morgan fingerprint density at radius 2 is 2.50 bits per heavy atom. The van der Waals surface area contributed by atoms with E-state index in [1.807, 2.05) is 6.92 Å². The van der Waals surface area contributed by atoms with Crippen molar-refractivity contribution in [3.63, 3.8) is 0 Å². The Morgan fingerprint density at radius 3 is 2.80 bits per heavy atom. The molecule has 0 bridgehead atoms. The van der Waals surface area contributed by atoms with Crippen LogP contribution in [-0.4, -0.2) is 14.9 Å². The average molecular weight is 141 g/mol. The predicted octanol–water partition coefficient (Wildman–Crippen LogP) is -0.0225. The lowest BCUT2D eigenvalue weighted by Gasteiger charge is -1.89. The second kappa shape index (κ2) is 2.70. The van der Waals surface area contributed by atoms with Gasteiger partial charge in [-0.25, -0.2) is 0 Å². The highest BCUT2D eigenvalue weighted by molar-refractivity contribution is 5.39. The fraction of sp³-hybridized carbons (Fsp3) is 0.500. The van der Waals surface area contributed by atoms with Crippen molar-refractivity contribution in [1.82, 2.24) is 9.78 Å². The van der Waals surface area contributed by atoms with Gasteiger partial charge in [-0.05, 0) is 6.92 Å². The summed E-state index contributed by atoms with van der Waals surface area (Å²) in [5, 5.41) is 12.7. The lowest BCUT2D eigenvalue weighted by molar-refractivity contribution is 0.276. The number of aryl methyl sites for hydroxylation is 1. The van der Waals surface area contributed by atoms with Crippen LogP contribution >= 0.6 is 0 Å². The second-order valence-electron chi connectivity index (χ2n) is 2.04. The summed E-state index contributed by atoms with van der Waals surface area (Å²) in [6.45, 7) is 2.66. The average Bonchev–Trinajstić information content (AvgIpc) is 2.30. The molecule has 4 nitrogen and oxygen atoms in total. The van der Waals surface area contributed by atoms with Crippen molar-refractivity contribution in [2.24, 2.45) is 0 Å².